The molecule has 4 aliphatic rings. The first-order valence-electron chi connectivity index (χ1n) is 20.8. The molecule has 0 radical (unpaired) electrons. The molecule has 0 saturated heterocycles. The van der Waals surface area contributed by atoms with Gasteiger partial charge < -0.3 is 9.47 Å². The number of ether oxygens (including phenoxy) is 2. The number of hydrogen-bond acceptors (Lipinski definition) is 12. The van der Waals surface area contributed by atoms with Crippen molar-refractivity contribution in [3.05, 3.63) is 164 Å². The minimum Gasteiger partial charge on any atom is -0.465 e. The Labute approximate surface area is 393 Å². The van der Waals surface area contributed by atoms with Crippen LogP contribution in [0.3, 0.4) is 0 Å². The van der Waals surface area contributed by atoms with Crippen molar-refractivity contribution in [2.24, 2.45) is 0 Å². The standard InChI is InChI=1S/C56H36N8O4/c1-31(2)34-11-8-13-41-45(18-34)49(55(65)67-5)21-47(41)53(39(27-61)28-62)51(37(23-57)24-58)36-17-16-33-10-7-15-43(44(33)20-36)52(38(25-59)26-60)54(40(29-63)30-64)48-22-50(56(66)68-6)46-19-35(32(3)4)12-9-14-42(46)48/h7-22,31-32H,1-6H3. The number of nitriles is 8. The van der Waals surface area contributed by atoms with Crippen molar-refractivity contribution in [1.82, 2.24) is 0 Å². The van der Waals surface area contributed by atoms with E-state index in [4.69, 9.17) is 9.47 Å². The van der Waals surface area contributed by atoms with Gasteiger partial charge in [0.15, 0.2) is 0 Å². The van der Waals surface area contributed by atoms with Gasteiger partial charge in [-0.25, -0.2) is 9.59 Å². The van der Waals surface area contributed by atoms with E-state index in [1.54, 1.807) is 72.8 Å². The van der Waals surface area contributed by atoms with Crippen LogP contribution in [0.2, 0.25) is 0 Å². The van der Waals surface area contributed by atoms with Crippen LogP contribution in [0.25, 0.3) is 55.3 Å². The lowest BCUT2D eigenvalue weighted by Gasteiger charge is -2.18. The first-order chi connectivity index (χ1) is 32.8. The van der Waals surface area contributed by atoms with Crippen LogP contribution in [0.4, 0.5) is 0 Å². The molecule has 0 aliphatic heterocycles. The maximum absolute atomic E-state index is 13.4. The summed E-state index contributed by atoms with van der Waals surface area (Å²) in [4.78, 5) is 26.9. The smallest absolute Gasteiger partial charge is 0.338 e. The lowest BCUT2D eigenvalue weighted by atomic mass is 9.81. The van der Waals surface area contributed by atoms with Crippen LogP contribution in [0, 0.1) is 90.6 Å². The second-order valence-corrected chi connectivity index (χ2v) is 15.9. The number of carbonyl (C=O) groups is 2. The Bertz CT molecular complexity index is 3500. The number of rotatable bonds is 10. The Morgan fingerprint density at radius 2 is 0.794 bits per heavy atom. The van der Waals surface area contributed by atoms with Crippen molar-refractivity contribution in [2.75, 3.05) is 14.2 Å². The Morgan fingerprint density at radius 1 is 0.412 bits per heavy atom. The van der Waals surface area contributed by atoms with E-state index in [0.717, 1.165) is 11.1 Å². The fourth-order valence-electron chi connectivity index (χ4n) is 8.27. The molecule has 0 unspecified atom stereocenters. The molecule has 0 aromatic heterocycles. The molecule has 4 aliphatic carbocycles. The molecule has 0 N–H and O–H groups in total. The molecule has 12 heteroatoms. The van der Waals surface area contributed by atoms with Gasteiger partial charge in [-0.1, -0.05) is 107 Å². The van der Waals surface area contributed by atoms with Crippen molar-refractivity contribution < 1.29 is 19.1 Å². The highest BCUT2D eigenvalue weighted by Gasteiger charge is 2.32. The van der Waals surface area contributed by atoms with Gasteiger partial charge in [0.2, 0.25) is 0 Å². The summed E-state index contributed by atoms with van der Waals surface area (Å²) in [5.41, 5.74) is 1.59. The molecular formula is C56H36N8O4. The molecule has 0 bridgehead atoms. The maximum Gasteiger partial charge on any atom is 0.338 e. The predicted molar refractivity (Wildman–Crippen MR) is 254 cm³/mol. The largest absolute Gasteiger partial charge is 0.465 e. The highest BCUT2D eigenvalue weighted by atomic mass is 16.5. The van der Waals surface area contributed by atoms with Gasteiger partial charge in [-0.15, -0.1) is 0 Å². The van der Waals surface area contributed by atoms with Gasteiger partial charge in [-0.05, 0) is 96.4 Å². The Kier molecular flexibility index (Phi) is 14.1. The summed E-state index contributed by atoms with van der Waals surface area (Å²) in [6, 6.07) is 42.2. The second-order valence-electron chi connectivity index (χ2n) is 15.9. The van der Waals surface area contributed by atoms with Crippen LogP contribution >= 0.6 is 0 Å². The topological polar surface area (TPSA) is 243 Å². The molecule has 2 aromatic carbocycles. The molecule has 2 aromatic rings. The summed E-state index contributed by atoms with van der Waals surface area (Å²) < 4.78 is 10.3. The van der Waals surface area contributed by atoms with Gasteiger partial charge in [0, 0.05) is 22.3 Å². The summed E-state index contributed by atoms with van der Waals surface area (Å²) >= 11 is 0. The lowest BCUT2D eigenvalue weighted by Crippen LogP contribution is -2.01. The average molecular weight is 885 g/mol. The van der Waals surface area contributed by atoms with Crippen molar-refractivity contribution in [1.29, 1.82) is 42.1 Å². The number of benzene rings is 2. The number of methoxy groups -OCH3 is 2. The molecule has 0 spiro atoms. The third kappa shape index (κ3) is 8.49. The van der Waals surface area contributed by atoms with E-state index in [-0.39, 0.29) is 72.9 Å². The van der Waals surface area contributed by atoms with Gasteiger partial charge >= 0.3 is 11.9 Å². The fraction of sp³-hybridized carbons (Fsp3) is 0.143. The number of fused-ring (bicyclic) bond motifs is 3. The number of carbonyl (C=O) groups excluding carboxylic acids is 2. The molecule has 0 saturated carbocycles. The van der Waals surface area contributed by atoms with Crippen LogP contribution in [0.1, 0.15) is 93.6 Å². The Balaban J connectivity index is 1.77. The molecule has 0 heterocycles. The first-order valence-corrected chi connectivity index (χ1v) is 20.8. The van der Waals surface area contributed by atoms with E-state index in [2.05, 4.69) is 0 Å². The number of nitrogens with zero attached hydrogens (tertiary/aromatic N) is 8. The van der Waals surface area contributed by atoms with Crippen LogP contribution in [-0.2, 0) is 9.47 Å². The monoisotopic (exact) mass is 884 g/mol. The SMILES string of the molecule is COC(=O)c1cc(C(=C(C#N)C#N)C(=C(C#N)C#N)c2ccc3cccc(C(=C(C#N)C#N)C(=C(C#N)C#N)c4cc(C(=O)OC)c5cc(C(C)C)cccc4-5)c3c2)c2cccc(C(C)C)cc1-2. The first kappa shape index (κ1) is 47.4. The molecule has 6 rings (SSSR count). The zero-order valence-corrected chi connectivity index (χ0v) is 37.6. The predicted octanol–water partition coefficient (Wildman–Crippen LogP) is 11.5. The van der Waals surface area contributed by atoms with Gasteiger partial charge in [0.05, 0.1) is 25.3 Å². The third-order valence-electron chi connectivity index (χ3n) is 11.6. The van der Waals surface area contributed by atoms with Gasteiger partial charge in [0.25, 0.3) is 0 Å². The maximum atomic E-state index is 13.4. The molecule has 0 fully saturated rings. The fourth-order valence-corrected chi connectivity index (χ4v) is 8.27. The summed E-state index contributed by atoms with van der Waals surface area (Å²) in [5, 5.41) is 85.7. The van der Waals surface area contributed by atoms with Crippen molar-refractivity contribution in [3.63, 3.8) is 0 Å². The lowest BCUT2D eigenvalue weighted by molar-refractivity contribution is 0.0593. The highest BCUT2D eigenvalue weighted by molar-refractivity contribution is 6.20. The summed E-state index contributed by atoms with van der Waals surface area (Å²) in [6.45, 7) is 7.89. The second kappa shape index (κ2) is 20.2. The van der Waals surface area contributed by atoms with Gasteiger partial charge in [-0.3, -0.25) is 0 Å². The van der Waals surface area contributed by atoms with E-state index < -0.39 is 34.2 Å². The van der Waals surface area contributed by atoms with E-state index in [1.165, 1.54) is 26.4 Å². The average Bonchev–Trinajstić information content (AvgIpc) is 3.66. The number of allylic oxidation sites excluding steroid dienone is 8. The molecular weight excluding hydrogens is 849 g/mol. The zero-order valence-electron chi connectivity index (χ0n) is 37.6. The van der Waals surface area contributed by atoms with E-state index >= 15 is 0 Å². The molecule has 324 valence electrons. The van der Waals surface area contributed by atoms with Crippen LogP contribution in [-0.4, -0.2) is 26.2 Å². The van der Waals surface area contributed by atoms with E-state index in [0.29, 0.717) is 27.6 Å². The summed E-state index contributed by atoms with van der Waals surface area (Å²) in [5.74, 6) is -1.39. The molecule has 68 heavy (non-hydrogen) atoms. The molecule has 0 amide bonds. The quantitative estimate of drug-likeness (QED) is 0.0708. The third-order valence-corrected chi connectivity index (χ3v) is 11.6. The normalized spacial score (nSPS) is 10.2. The van der Waals surface area contributed by atoms with Gasteiger partial charge in [-0.2, -0.15) is 42.1 Å². The highest BCUT2D eigenvalue weighted by Crippen LogP contribution is 2.48. The number of esters is 2. The summed E-state index contributed by atoms with van der Waals surface area (Å²) in [7, 11) is 2.43. The van der Waals surface area contributed by atoms with Crippen LogP contribution in [0.15, 0.2) is 119 Å². The zero-order chi connectivity index (χ0) is 49.4. The van der Waals surface area contributed by atoms with Gasteiger partial charge in [0.1, 0.15) is 70.8 Å². The van der Waals surface area contributed by atoms with Crippen molar-refractivity contribution in [3.8, 4) is 70.8 Å². The van der Waals surface area contributed by atoms with E-state index in [9.17, 15) is 51.7 Å². The van der Waals surface area contributed by atoms with Crippen LogP contribution in [0.5, 0.6) is 0 Å². The van der Waals surface area contributed by atoms with Crippen molar-refractivity contribution >= 4 is 45.0 Å². The van der Waals surface area contributed by atoms with Crippen molar-refractivity contribution in [2.45, 2.75) is 39.5 Å². The van der Waals surface area contributed by atoms with Crippen LogP contribution < -0.4 is 0 Å². The van der Waals surface area contributed by atoms with E-state index in [1.807, 2.05) is 88.4 Å². The molecule has 0 atom stereocenters. The Morgan fingerprint density at radius 3 is 1.19 bits per heavy atom. The molecule has 12 nitrogen and oxygen atoms in total. The minimum atomic E-state index is -0.716. The summed E-state index contributed by atoms with van der Waals surface area (Å²) in [6.07, 6.45) is 0. The minimum absolute atomic E-state index is 0.0186. The number of hydrogen-bond donors (Lipinski definition) is 0. The Hall–Kier alpha value is -10.1.